The highest BCUT2D eigenvalue weighted by atomic mass is 79.9. The van der Waals surface area contributed by atoms with Gasteiger partial charge in [-0.1, -0.05) is 0 Å². The van der Waals surface area contributed by atoms with Gasteiger partial charge in [0.05, 0.1) is 16.5 Å². The molecule has 0 bridgehead atoms. The first-order valence-electron chi connectivity index (χ1n) is 6.53. The minimum atomic E-state index is -0.538. The Balaban J connectivity index is 2.13. The smallest absolute Gasteiger partial charge is 0.233 e. The molecule has 0 saturated carbocycles. The Kier molecular flexibility index (Phi) is 5.12. The highest BCUT2D eigenvalue weighted by molar-refractivity contribution is 9.10. The Morgan fingerprint density at radius 1 is 1.50 bits per heavy atom. The molecule has 0 radical (unpaired) electrons. The molecular formula is C14H18BrFN2O2. The molecule has 2 N–H and O–H groups in total. The number of ether oxygens (including phenoxy) is 1. The molecule has 2 rings (SSSR count). The van der Waals surface area contributed by atoms with Gasteiger partial charge in [0, 0.05) is 12.8 Å². The summed E-state index contributed by atoms with van der Waals surface area (Å²) in [5.41, 5.74) is -0.0754. The summed E-state index contributed by atoms with van der Waals surface area (Å²) < 4.78 is 19.1. The summed E-state index contributed by atoms with van der Waals surface area (Å²) in [6.07, 6.45) is 1.43. The van der Waals surface area contributed by atoms with Gasteiger partial charge in [-0.3, -0.25) is 4.79 Å². The lowest BCUT2D eigenvalue weighted by molar-refractivity contribution is -0.130. The first-order chi connectivity index (χ1) is 9.57. The van der Waals surface area contributed by atoms with Crippen molar-refractivity contribution in [2.45, 2.75) is 12.8 Å². The van der Waals surface area contributed by atoms with E-state index in [0.29, 0.717) is 29.6 Å². The fraction of sp³-hybridized carbons (Fsp3) is 0.500. The first-order valence-corrected chi connectivity index (χ1v) is 7.33. The fourth-order valence-electron chi connectivity index (χ4n) is 2.46. The van der Waals surface area contributed by atoms with Crippen LogP contribution in [0.2, 0.25) is 0 Å². The Labute approximate surface area is 126 Å². The highest BCUT2D eigenvalue weighted by Crippen LogP contribution is 2.31. The van der Waals surface area contributed by atoms with Crippen molar-refractivity contribution in [3.63, 3.8) is 0 Å². The van der Waals surface area contributed by atoms with Gasteiger partial charge >= 0.3 is 0 Å². The third kappa shape index (κ3) is 3.37. The molecule has 1 aromatic rings. The zero-order valence-electron chi connectivity index (χ0n) is 11.3. The van der Waals surface area contributed by atoms with Crippen molar-refractivity contribution < 1.29 is 13.9 Å². The standard InChI is InChI=1S/C14H18BrFN2O2/c1-20-9-14(4-6-17-7-5-14)13(19)18-10-2-3-11(15)12(16)8-10/h2-3,8,17H,4-7,9H2,1H3,(H,18,19). The van der Waals surface area contributed by atoms with Gasteiger partial charge in [0.2, 0.25) is 5.91 Å². The largest absolute Gasteiger partial charge is 0.384 e. The van der Waals surface area contributed by atoms with Crippen molar-refractivity contribution in [2.24, 2.45) is 5.41 Å². The van der Waals surface area contributed by atoms with Gasteiger partial charge in [0.25, 0.3) is 0 Å². The maximum atomic E-state index is 13.5. The van der Waals surface area contributed by atoms with Crippen LogP contribution in [0.5, 0.6) is 0 Å². The maximum Gasteiger partial charge on any atom is 0.233 e. The van der Waals surface area contributed by atoms with Gasteiger partial charge in [-0.05, 0) is 60.1 Å². The number of anilines is 1. The van der Waals surface area contributed by atoms with Gasteiger partial charge < -0.3 is 15.4 Å². The Bertz CT molecular complexity index is 485. The predicted molar refractivity (Wildman–Crippen MR) is 79.1 cm³/mol. The van der Waals surface area contributed by atoms with Crippen LogP contribution in [0.3, 0.4) is 0 Å². The quantitative estimate of drug-likeness (QED) is 0.882. The molecule has 1 amide bonds. The van der Waals surface area contributed by atoms with E-state index in [9.17, 15) is 9.18 Å². The van der Waals surface area contributed by atoms with Crippen LogP contribution in [-0.2, 0) is 9.53 Å². The van der Waals surface area contributed by atoms with E-state index >= 15 is 0 Å². The van der Waals surface area contributed by atoms with Crippen molar-refractivity contribution in [3.8, 4) is 0 Å². The minimum absolute atomic E-state index is 0.109. The second-order valence-corrected chi connectivity index (χ2v) is 5.90. The number of hydrogen-bond acceptors (Lipinski definition) is 3. The summed E-state index contributed by atoms with van der Waals surface area (Å²) in [7, 11) is 1.59. The van der Waals surface area contributed by atoms with Crippen LogP contribution < -0.4 is 10.6 Å². The number of carbonyl (C=O) groups excluding carboxylic acids is 1. The number of benzene rings is 1. The lowest BCUT2D eigenvalue weighted by Gasteiger charge is -2.35. The Hall–Kier alpha value is -0.980. The summed E-state index contributed by atoms with van der Waals surface area (Å²) in [4.78, 5) is 12.5. The van der Waals surface area contributed by atoms with Gasteiger partial charge in [-0.15, -0.1) is 0 Å². The molecular weight excluding hydrogens is 327 g/mol. The van der Waals surface area contributed by atoms with Gasteiger partial charge in [-0.25, -0.2) is 4.39 Å². The topological polar surface area (TPSA) is 50.4 Å². The van der Waals surface area contributed by atoms with Gasteiger partial charge in [0.15, 0.2) is 0 Å². The van der Waals surface area contributed by atoms with E-state index < -0.39 is 11.2 Å². The maximum absolute atomic E-state index is 13.5. The first kappa shape index (κ1) is 15.4. The normalized spacial score (nSPS) is 17.8. The molecule has 1 heterocycles. The third-order valence-electron chi connectivity index (χ3n) is 3.64. The van der Waals surface area contributed by atoms with Crippen molar-refractivity contribution in [1.82, 2.24) is 5.32 Å². The third-order valence-corrected chi connectivity index (χ3v) is 4.28. The fourth-order valence-corrected chi connectivity index (χ4v) is 2.70. The van der Waals surface area contributed by atoms with Gasteiger partial charge in [-0.2, -0.15) is 0 Å². The molecule has 6 heteroatoms. The number of halogens is 2. The van der Waals surface area contributed by atoms with Crippen LogP contribution >= 0.6 is 15.9 Å². The van der Waals surface area contributed by atoms with E-state index in [0.717, 1.165) is 13.1 Å². The van der Waals surface area contributed by atoms with Crippen LogP contribution in [0.15, 0.2) is 22.7 Å². The second kappa shape index (κ2) is 6.65. The number of rotatable bonds is 4. The highest BCUT2D eigenvalue weighted by Gasteiger charge is 2.39. The van der Waals surface area contributed by atoms with Crippen LogP contribution in [0, 0.1) is 11.2 Å². The summed E-state index contributed by atoms with van der Waals surface area (Å²) >= 11 is 3.09. The molecule has 1 aliphatic rings. The predicted octanol–water partition coefficient (Wildman–Crippen LogP) is 2.54. The number of methoxy groups -OCH3 is 1. The van der Waals surface area contributed by atoms with Crippen molar-refractivity contribution >= 4 is 27.5 Å². The zero-order valence-corrected chi connectivity index (χ0v) is 12.9. The Morgan fingerprint density at radius 3 is 2.80 bits per heavy atom. The summed E-state index contributed by atoms with van der Waals surface area (Å²) in [5, 5.41) is 6.03. The van der Waals surface area contributed by atoms with Gasteiger partial charge in [0.1, 0.15) is 5.82 Å². The van der Waals surface area contributed by atoms with Crippen molar-refractivity contribution in [2.75, 3.05) is 32.1 Å². The molecule has 1 saturated heterocycles. The number of piperidine rings is 1. The second-order valence-electron chi connectivity index (χ2n) is 5.05. The molecule has 0 atom stereocenters. The van der Waals surface area contributed by atoms with E-state index in [-0.39, 0.29) is 5.91 Å². The lowest BCUT2D eigenvalue weighted by Crippen LogP contribution is -2.47. The van der Waals surface area contributed by atoms with E-state index in [1.54, 1.807) is 19.2 Å². The van der Waals surface area contributed by atoms with E-state index in [1.807, 2.05) is 0 Å². The summed E-state index contributed by atoms with van der Waals surface area (Å²) in [6.45, 7) is 1.94. The number of carbonyl (C=O) groups is 1. The van der Waals surface area contributed by atoms with E-state index in [4.69, 9.17) is 4.74 Å². The van der Waals surface area contributed by atoms with E-state index in [1.165, 1.54) is 6.07 Å². The molecule has 0 spiro atoms. The van der Waals surface area contributed by atoms with Crippen molar-refractivity contribution in [1.29, 1.82) is 0 Å². The Morgan fingerprint density at radius 2 is 2.20 bits per heavy atom. The summed E-state index contributed by atoms with van der Waals surface area (Å²) in [6, 6.07) is 4.56. The van der Waals surface area contributed by atoms with Crippen LogP contribution in [0.1, 0.15) is 12.8 Å². The molecule has 20 heavy (non-hydrogen) atoms. The molecule has 1 aromatic carbocycles. The molecule has 1 aliphatic heterocycles. The van der Waals surface area contributed by atoms with Crippen LogP contribution in [0.25, 0.3) is 0 Å². The number of nitrogens with one attached hydrogen (secondary N) is 2. The van der Waals surface area contributed by atoms with E-state index in [2.05, 4.69) is 26.6 Å². The SMILES string of the molecule is COCC1(C(=O)Nc2ccc(Br)c(F)c2)CCNCC1. The average molecular weight is 345 g/mol. The lowest BCUT2D eigenvalue weighted by atomic mass is 9.78. The number of amides is 1. The molecule has 110 valence electrons. The molecule has 0 aliphatic carbocycles. The molecule has 1 fully saturated rings. The molecule has 0 unspecified atom stereocenters. The number of hydrogen-bond donors (Lipinski definition) is 2. The average Bonchev–Trinajstić information content (AvgIpc) is 2.44. The monoisotopic (exact) mass is 344 g/mol. The summed E-state index contributed by atoms with van der Waals surface area (Å²) in [5.74, 6) is -0.503. The van der Waals surface area contributed by atoms with Crippen LogP contribution in [0.4, 0.5) is 10.1 Å². The molecule has 0 aromatic heterocycles. The molecule has 4 nitrogen and oxygen atoms in total. The minimum Gasteiger partial charge on any atom is -0.384 e. The zero-order chi connectivity index (χ0) is 14.6. The van der Waals surface area contributed by atoms with Crippen molar-refractivity contribution in [3.05, 3.63) is 28.5 Å². The van der Waals surface area contributed by atoms with Crippen LogP contribution in [-0.4, -0.2) is 32.7 Å².